The van der Waals surface area contributed by atoms with Crippen LogP contribution in [0.25, 0.3) is 0 Å². The summed E-state index contributed by atoms with van der Waals surface area (Å²) >= 11 is 9.99. The number of hydrogen-bond acceptors (Lipinski definition) is 4. The van der Waals surface area contributed by atoms with E-state index in [1.807, 2.05) is 13.0 Å². The van der Waals surface area contributed by atoms with Gasteiger partial charge in [0.25, 0.3) is 0 Å². The maximum Gasteiger partial charge on any atom is 0.250 e. The van der Waals surface area contributed by atoms with E-state index in [1.54, 1.807) is 0 Å². The molecule has 0 amide bonds. The standard InChI is InChI=1S/C9H10BrClN2O2S2/c1-2-6(3-4-12)13-17(14,15)8-5-7(11)9(10)16-8/h5-6,13H,2-3H2,1H3. The molecule has 0 aromatic carbocycles. The Kier molecular flexibility index (Phi) is 5.41. The van der Waals surface area contributed by atoms with Crippen molar-refractivity contribution in [3.63, 3.8) is 0 Å². The summed E-state index contributed by atoms with van der Waals surface area (Å²) < 4.78 is 27.1. The van der Waals surface area contributed by atoms with Crippen LogP contribution in [-0.2, 0) is 10.0 Å². The Bertz CT molecular complexity index is 516. The number of rotatable bonds is 5. The van der Waals surface area contributed by atoms with Gasteiger partial charge in [-0.3, -0.25) is 0 Å². The molecule has 1 atom stereocenters. The highest BCUT2D eigenvalue weighted by molar-refractivity contribution is 9.11. The number of nitriles is 1. The van der Waals surface area contributed by atoms with Crippen LogP contribution >= 0.6 is 38.9 Å². The number of halogens is 2. The molecule has 0 aliphatic rings. The van der Waals surface area contributed by atoms with Crippen LogP contribution in [0.1, 0.15) is 19.8 Å². The van der Waals surface area contributed by atoms with Crippen molar-refractivity contribution in [2.24, 2.45) is 0 Å². The van der Waals surface area contributed by atoms with Crippen molar-refractivity contribution in [3.8, 4) is 6.07 Å². The van der Waals surface area contributed by atoms with Gasteiger partial charge in [0.2, 0.25) is 10.0 Å². The van der Waals surface area contributed by atoms with Gasteiger partial charge in [0.15, 0.2) is 0 Å². The van der Waals surface area contributed by atoms with Gasteiger partial charge in [-0.2, -0.15) is 5.26 Å². The largest absolute Gasteiger partial charge is 0.250 e. The first kappa shape index (κ1) is 14.9. The van der Waals surface area contributed by atoms with E-state index in [0.717, 1.165) is 11.3 Å². The number of nitrogens with one attached hydrogen (secondary N) is 1. The minimum atomic E-state index is -3.59. The molecule has 0 bridgehead atoms. The van der Waals surface area contributed by atoms with Crippen molar-refractivity contribution in [1.29, 1.82) is 5.26 Å². The predicted octanol–water partition coefficient (Wildman–Crippen LogP) is 3.13. The van der Waals surface area contributed by atoms with Crippen LogP contribution in [0.15, 0.2) is 14.1 Å². The molecule has 0 aliphatic heterocycles. The lowest BCUT2D eigenvalue weighted by molar-refractivity contribution is 0.545. The van der Waals surface area contributed by atoms with E-state index in [1.165, 1.54) is 6.07 Å². The summed E-state index contributed by atoms with van der Waals surface area (Å²) in [5.74, 6) is 0. The Labute approximate surface area is 118 Å². The maximum absolute atomic E-state index is 12.0. The lowest BCUT2D eigenvalue weighted by atomic mass is 10.2. The second-order valence-corrected chi connectivity index (χ2v) is 7.99. The fourth-order valence-electron chi connectivity index (χ4n) is 1.12. The van der Waals surface area contributed by atoms with Gasteiger partial charge < -0.3 is 0 Å². The third-order valence-electron chi connectivity index (χ3n) is 2.04. The molecule has 1 aromatic heterocycles. The quantitative estimate of drug-likeness (QED) is 0.880. The highest BCUT2D eigenvalue weighted by Crippen LogP contribution is 2.34. The van der Waals surface area contributed by atoms with Crippen molar-refractivity contribution < 1.29 is 8.42 Å². The molecule has 0 fully saturated rings. The zero-order valence-corrected chi connectivity index (χ0v) is 12.9. The molecule has 1 N–H and O–H groups in total. The topological polar surface area (TPSA) is 70.0 Å². The Hall–Kier alpha value is -0.130. The lowest BCUT2D eigenvalue weighted by Crippen LogP contribution is -2.33. The first-order chi connectivity index (χ1) is 7.90. The SMILES string of the molecule is CCC(CC#N)NS(=O)(=O)c1cc(Cl)c(Br)s1. The van der Waals surface area contributed by atoms with Crippen molar-refractivity contribution >= 4 is 48.9 Å². The van der Waals surface area contributed by atoms with Crippen molar-refractivity contribution in [1.82, 2.24) is 4.72 Å². The molecule has 4 nitrogen and oxygen atoms in total. The van der Waals surface area contributed by atoms with Crippen LogP contribution in [0.5, 0.6) is 0 Å². The second-order valence-electron chi connectivity index (χ2n) is 3.28. The number of nitrogens with zero attached hydrogens (tertiary/aromatic N) is 1. The molecule has 1 aromatic rings. The van der Waals surface area contributed by atoms with Crippen molar-refractivity contribution in [2.75, 3.05) is 0 Å². The highest BCUT2D eigenvalue weighted by Gasteiger charge is 2.22. The Balaban J connectivity index is 2.92. The molecule has 0 radical (unpaired) electrons. The van der Waals surface area contributed by atoms with E-state index >= 15 is 0 Å². The van der Waals surface area contributed by atoms with Crippen molar-refractivity contribution in [2.45, 2.75) is 30.0 Å². The molecule has 0 saturated heterocycles. The zero-order valence-electron chi connectivity index (χ0n) is 8.91. The Morgan fingerprint density at radius 3 is 2.76 bits per heavy atom. The average molecular weight is 358 g/mol. The minimum Gasteiger partial charge on any atom is -0.206 e. The molecule has 8 heteroatoms. The average Bonchev–Trinajstić information content (AvgIpc) is 2.59. The van der Waals surface area contributed by atoms with Crippen LogP contribution in [0.2, 0.25) is 5.02 Å². The van der Waals surface area contributed by atoms with Crippen LogP contribution in [0.3, 0.4) is 0 Å². The van der Waals surface area contributed by atoms with Gasteiger partial charge in [0.05, 0.1) is 21.3 Å². The molecular formula is C9H10BrClN2O2S2. The molecule has 94 valence electrons. The summed E-state index contributed by atoms with van der Waals surface area (Å²) in [6.07, 6.45) is 0.711. The Morgan fingerprint density at radius 2 is 2.35 bits per heavy atom. The van der Waals surface area contributed by atoms with Gasteiger partial charge in [-0.05, 0) is 28.4 Å². The summed E-state index contributed by atoms with van der Waals surface area (Å²) in [6.45, 7) is 1.82. The van der Waals surface area contributed by atoms with E-state index < -0.39 is 10.0 Å². The number of thiophene rings is 1. The molecule has 17 heavy (non-hydrogen) atoms. The normalized spacial score (nSPS) is 13.3. The van der Waals surface area contributed by atoms with Gasteiger partial charge >= 0.3 is 0 Å². The molecule has 1 heterocycles. The van der Waals surface area contributed by atoms with Crippen LogP contribution in [-0.4, -0.2) is 14.5 Å². The van der Waals surface area contributed by atoms with E-state index in [-0.39, 0.29) is 16.7 Å². The predicted molar refractivity (Wildman–Crippen MR) is 71.7 cm³/mol. The monoisotopic (exact) mass is 356 g/mol. The van der Waals surface area contributed by atoms with Gasteiger partial charge in [-0.25, -0.2) is 13.1 Å². The van der Waals surface area contributed by atoms with Crippen LogP contribution in [0, 0.1) is 11.3 Å². The smallest absolute Gasteiger partial charge is 0.206 e. The van der Waals surface area contributed by atoms with Gasteiger partial charge in [-0.15, -0.1) is 11.3 Å². The first-order valence-electron chi connectivity index (χ1n) is 4.74. The zero-order chi connectivity index (χ0) is 13.1. The molecular weight excluding hydrogens is 348 g/mol. The fraction of sp³-hybridized carbons (Fsp3) is 0.444. The number of hydrogen-bond donors (Lipinski definition) is 1. The van der Waals surface area contributed by atoms with Gasteiger partial charge in [-0.1, -0.05) is 18.5 Å². The molecule has 0 aliphatic carbocycles. The third kappa shape index (κ3) is 3.93. The van der Waals surface area contributed by atoms with Crippen LogP contribution in [0.4, 0.5) is 0 Å². The van der Waals surface area contributed by atoms with Gasteiger partial charge in [0.1, 0.15) is 4.21 Å². The summed E-state index contributed by atoms with van der Waals surface area (Å²) in [6, 6.07) is 2.97. The van der Waals surface area contributed by atoms with E-state index in [2.05, 4.69) is 20.7 Å². The maximum atomic E-state index is 12.0. The fourth-order valence-corrected chi connectivity index (χ4v) is 4.85. The van der Waals surface area contributed by atoms with E-state index in [0.29, 0.717) is 15.2 Å². The summed E-state index contributed by atoms with van der Waals surface area (Å²) in [5.41, 5.74) is 0. The second kappa shape index (κ2) is 6.16. The van der Waals surface area contributed by atoms with Crippen LogP contribution < -0.4 is 4.72 Å². The molecule has 1 unspecified atom stereocenters. The molecule has 0 spiro atoms. The lowest BCUT2D eigenvalue weighted by Gasteiger charge is -2.12. The minimum absolute atomic E-state index is 0.144. The van der Waals surface area contributed by atoms with Gasteiger partial charge in [0, 0.05) is 6.04 Å². The van der Waals surface area contributed by atoms with E-state index in [9.17, 15) is 8.42 Å². The molecule has 1 rings (SSSR count). The first-order valence-corrected chi connectivity index (χ1v) is 8.22. The summed E-state index contributed by atoms with van der Waals surface area (Å²) in [7, 11) is -3.59. The summed E-state index contributed by atoms with van der Waals surface area (Å²) in [5, 5.41) is 8.94. The molecule has 0 saturated carbocycles. The van der Waals surface area contributed by atoms with Crippen molar-refractivity contribution in [3.05, 3.63) is 14.9 Å². The van der Waals surface area contributed by atoms with E-state index in [4.69, 9.17) is 16.9 Å². The number of sulfonamides is 1. The Morgan fingerprint density at radius 1 is 1.71 bits per heavy atom. The third-order valence-corrected chi connectivity index (χ3v) is 6.51. The highest BCUT2D eigenvalue weighted by atomic mass is 79.9. The summed E-state index contributed by atoms with van der Waals surface area (Å²) in [4.78, 5) is 0.